The maximum atomic E-state index is 13.1. The normalized spacial score (nSPS) is 16.2. The number of aliphatic imine (C=N–C) groups is 1. The van der Waals surface area contributed by atoms with E-state index in [4.69, 9.17) is 0 Å². The van der Waals surface area contributed by atoms with E-state index in [0.717, 1.165) is 18.6 Å². The lowest BCUT2D eigenvalue weighted by atomic mass is 9.93. The highest BCUT2D eigenvalue weighted by Crippen LogP contribution is 2.37. The average molecular weight is 374 g/mol. The molecule has 2 aliphatic heterocycles. The molecule has 0 spiro atoms. The summed E-state index contributed by atoms with van der Waals surface area (Å²) < 4.78 is 52.4. The smallest absolute Gasteiger partial charge is 0.325 e. The van der Waals surface area contributed by atoms with Gasteiger partial charge in [-0.05, 0) is 60.5 Å². The van der Waals surface area contributed by atoms with Crippen LogP contribution in [0.25, 0.3) is 6.08 Å². The number of fused-ring (bicyclic) bond motifs is 3. The Morgan fingerprint density at radius 1 is 1.07 bits per heavy atom. The van der Waals surface area contributed by atoms with Gasteiger partial charge in [0.1, 0.15) is 11.7 Å². The first-order chi connectivity index (χ1) is 12.8. The van der Waals surface area contributed by atoms with Gasteiger partial charge in [-0.2, -0.15) is 13.2 Å². The topological polar surface area (TPSA) is 32.7 Å². The number of Topliss-reactive ketones (excluding diaryl/α,β-unsaturated/α-hetero) is 1. The summed E-state index contributed by atoms with van der Waals surface area (Å²) >= 11 is 0. The molecule has 2 aromatic carbocycles. The molecule has 0 aromatic heterocycles. The van der Waals surface area contributed by atoms with Crippen molar-refractivity contribution in [2.75, 3.05) is 18.0 Å². The number of carbonyl (C=O) groups excluding carboxylic acids is 1. The number of hydrogen-bond donors (Lipinski definition) is 0. The summed E-state index contributed by atoms with van der Waals surface area (Å²) in [5.74, 6) is -0.424. The summed E-state index contributed by atoms with van der Waals surface area (Å²) in [6.45, 7) is 1.10. The Bertz CT molecular complexity index is 974. The number of benzene rings is 2. The largest absolute Gasteiger partial charge is 0.416 e. The number of carbonyl (C=O) groups is 1. The molecule has 2 heterocycles. The highest BCUT2D eigenvalue weighted by molar-refractivity contribution is 6.35. The Balaban J connectivity index is 1.85. The third-order valence-electron chi connectivity index (χ3n) is 4.59. The molecule has 0 fully saturated rings. The van der Waals surface area contributed by atoms with E-state index in [-0.39, 0.29) is 11.1 Å². The summed E-state index contributed by atoms with van der Waals surface area (Å²) in [6, 6.07) is 8.54. The van der Waals surface area contributed by atoms with Crippen molar-refractivity contribution in [2.24, 2.45) is 4.99 Å². The highest BCUT2D eigenvalue weighted by Gasteiger charge is 2.34. The van der Waals surface area contributed by atoms with Crippen LogP contribution in [0.2, 0.25) is 0 Å². The van der Waals surface area contributed by atoms with E-state index >= 15 is 0 Å². The monoisotopic (exact) mass is 374 g/mol. The minimum Gasteiger partial charge on any atom is -0.325 e. The zero-order chi connectivity index (χ0) is 19.2. The first kappa shape index (κ1) is 17.5. The predicted octanol–water partition coefficient (Wildman–Crippen LogP) is 4.73. The van der Waals surface area contributed by atoms with Crippen molar-refractivity contribution in [1.82, 2.24) is 0 Å². The Morgan fingerprint density at radius 3 is 2.52 bits per heavy atom. The molecule has 2 aliphatic rings. The molecule has 0 bridgehead atoms. The molecule has 0 N–H and O–H groups in total. The van der Waals surface area contributed by atoms with Crippen molar-refractivity contribution >= 4 is 23.4 Å². The fourth-order valence-corrected chi connectivity index (χ4v) is 3.31. The molecule has 7 heteroatoms. The van der Waals surface area contributed by atoms with Gasteiger partial charge in [0.2, 0.25) is 0 Å². The van der Waals surface area contributed by atoms with Gasteiger partial charge in [0.25, 0.3) is 0 Å². The molecular weight excluding hydrogens is 360 g/mol. The third kappa shape index (κ3) is 3.13. The Kier molecular flexibility index (Phi) is 4.09. The standard InChI is InChI=1S/C20H14F4N2O/c21-15-5-2-12(3-6-15)18(27)16-11-13-10-14(20(22,23)24)4-7-17(13)26-9-1-8-25-19(16)26/h2-7,10-11H,1,8-9H2. The van der Waals surface area contributed by atoms with Gasteiger partial charge in [0.15, 0.2) is 5.78 Å². The van der Waals surface area contributed by atoms with Crippen LogP contribution in [0, 0.1) is 5.82 Å². The second-order valence-electron chi connectivity index (χ2n) is 6.38. The molecule has 0 radical (unpaired) electrons. The van der Waals surface area contributed by atoms with Crippen molar-refractivity contribution in [2.45, 2.75) is 12.6 Å². The van der Waals surface area contributed by atoms with Gasteiger partial charge >= 0.3 is 6.18 Å². The lowest BCUT2D eigenvalue weighted by molar-refractivity contribution is -0.137. The molecule has 27 heavy (non-hydrogen) atoms. The van der Waals surface area contributed by atoms with Crippen molar-refractivity contribution in [3.05, 3.63) is 70.5 Å². The van der Waals surface area contributed by atoms with E-state index in [9.17, 15) is 22.4 Å². The van der Waals surface area contributed by atoms with Crippen molar-refractivity contribution in [1.29, 1.82) is 0 Å². The molecule has 2 aromatic rings. The number of nitrogens with zero attached hydrogens (tertiary/aromatic N) is 2. The van der Waals surface area contributed by atoms with Gasteiger partial charge in [0, 0.05) is 24.3 Å². The zero-order valence-corrected chi connectivity index (χ0v) is 14.1. The van der Waals surface area contributed by atoms with Crippen LogP contribution in [0.1, 0.15) is 27.9 Å². The third-order valence-corrected chi connectivity index (χ3v) is 4.59. The summed E-state index contributed by atoms with van der Waals surface area (Å²) in [4.78, 5) is 19.1. The summed E-state index contributed by atoms with van der Waals surface area (Å²) in [5, 5.41) is 0. The summed E-state index contributed by atoms with van der Waals surface area (Å²) in [5.41, 5.74) is 0.608. The summed E-state index contributed by atoms with van der Waals surface area (Å²) in [6.07, 6.45) is -2.29. The maximum absolute atomic E-state index is 13.1. The molecular formula is C20H14F4N2O. The van der Waals surface area contributed by atoms with Crippen molar-refractivity contribution in [3.63, 3.8) is 0 Å². The maximum Gasteiger partial charge on any atom is 0.416 e. The SMILES string of the molecule is O=C(C1=Cc2cc(C(F)(F)F)ccc2N2CCCN=C12)c1ccc(F)cc1. The number of hydrogen-bond acceptors (Lipinski definition) is 3. The number of alkyl halides is 3. The zero-order valence-electron chi connectivity index (χ0n) is 14.1. The number of amidine groups is 1. The molecule has 3 nitrogen and oxygen atoms in total. The van der Waals surface area contributed by atoms with Crippen LogP contribution in [0.4, 0.5) is 23.2 Å². The number of anilines is 1. The van der Waals surface area contributed by atoms with E-state index in [0.29, 0.717) is 30.2 Å². The first-order valence-corrected chi connectivity index (χ1v) is 8.40. The second-order valence-corrected chi connectivity index (χ2v) is 6.38. The van der Waals surface area contributed by atoms with Gasteiger partial charge in [-0.15, -0.1) is 0 Å². The van der Waals surface area contributed by atoms with Crippen LogP contribution >= 0.6 is 0 Å². The van der Waals surface area contributed by atoms with Crippen LogP contribution in [0.3, 0.4) is 0 Å². The Morgan fingerprint density at radius 2 is 1.81 bits per heavy atom. The quantitative estimate of drug-likeness (QED) is 0.562. The van der Waals surface area contributed by atoms with E-state index in [1.54, 1.807) is 4.90 Å². The van der Waals surface area contributed by atoms with Crippen LogP contribution in [-0.4, -0.2) is 24.7 Å². The molecule has 0 saturated carbocycles. The van der Waals surface area contributed by atoms with Crippen LogP contribution in [0.5, 0.6) is 0 Å². The van der Waals surface area contributed by atoms with Crippen LogP contribution in [-0.2, 0) is 6.18 Å². The minimum absolute atomic E-state index is 0.216. The fourth-order valence-electron chi connectivity index (χ4n) is 3.31. The lowest BCUT2D eigenvalue weighted by Gasteiger charge is -2.35. The average Bonchev–Trinajstić information content (AvgIpc) is 2.66. The molecule has 0 unspecified atom stereocenters. The van der Waals surface area contributed by atoms with Crippen LogP contribution in [0.15, 0.2) is 53.0 Å². The van der Waals surface area contributed by atoms with Gasteiger partial charge in [-0.25, -0.2) is 4.39 Å². The molecule has 0 saturated heterocycles. The molecule has 138 valence electrons. The van der Waals surface area contributed by atoms with Crippen molar-refractivity contribution < 1.29 is 22.4 Å². The molecule has 0 atom stereocenters. The van der Waals surface area contributed by atoms with E-state index < -0.39 is 23.3 Å². The Hall–Kier alpha value is -2.96. The van der Waals surface area contributed by atoms with Crippen LogP contribution < -0.4 is 4.90 Å². The number of ketones is 1. The molecule has 4 rings (SSSR count). The van der Waals surface area contributed by atoms with E-state index in [1.807, 2.05) is 0 Å². The minimum atomic E-state index is -4.47. The Labute approximate surface area is 152 Å². The first-order valence-electron chi connectivity index (χ1n) is 8.40. The number of halogens is 4. The van der Waals surface area contributed by atoms with Gasteiger partial charge in [0.05, 0.1) is 11.1 Å². The fraction of sp³-hybridized carbons (Fsp3) is 0.200. The predicted molar refractivity (Wildman–Crippen MR) is 94.4 cm³/mol. The molecule has 0 amide bonds. The van der Waals surface area contributed by atoms with Crippen molar-refractivity contribution in [3.8, 4) is 0 Å². The van der Waals surface area contributed by atoms with E-state index in [2.05, 4.69) is 4.99 Å². The molecule has 0 aliphatic carbocycles. The second kappa shape index (κ2) is 6.33. The van der Waals surface area contributed by atoms with Gasteiger partial charge < -0.3 is 4.90 Å². The van der Waals surface area contributed by atoms with Gasteiger partial charge in [-0.1, -0.05) is 0 Å². The van der Waals surface area contributed by atoms with E-state index in [1.165, 1.54) is 36.4 Å². The van der Waals surface area contributed by atoms with Gasteiger partial charge in [-0.3, -0.25) is 9.79 Å². The lowest BCUT2D eigenvalue weighted by Crippen LogP contribution is -2.41. The number of rotatable bonds is 2. The summed E-state index contributed by atoms with van der Waals surface area (Å²) in [7, 11) is 0. The highest BCUT2D eigenvalue weighted by atomic mass is 19.4.